The van der Waals surface area contributed by atoms with Crippen LogP contribution in [0.5, 0.6) is 0 Å². The second-order valence-corrected chi connectivity index (χ2v) is 9.33. The van der Waals surface area contributed by atoms with E-state index < -0.39 is 0 Å². The fourth-order valence-electron chi connectivity index (χ4n) is 5.04. The van der Waals surface area contributed by atoms with Crippen LogP contribution >= 0.6 is 12.2 Å². The number of ether oxygens (including phenoxy) is 1. The summed E-state index contributed by atoms with van der Waals surface area (Å²) in [7, 11) is 1.79. The Morgan fingerprint density at radius 1 is 1.28 bits per heavy atom. The molecule has 2 aliphatic carbocycles. The molecule has 2 aromatic rings. The van der Waals surface area contributed by atoms with E-state index in [1.54, 1.807) is 7.11 Å². The highest BCUT2D eigenvalue weighted by molar-refractivity contribution is 7.71. The molecule has 6 nitrogen and oxygen atoms in total. The zero-order valence-corrected chi connectivity index (χ0v) is 18.3. The molecule has 0 bridgehead atoms. The molecule has 0 aliphatic heterocycles. The quantitative estimate of drug-likeness (QED) is 0.694. The Hall–Kier alpha value is -1.73. The number of anilines is 1. The van der Waals surface area contributed by atoms with Crippen LogP contribution in [0, 0.1) is 16.6 Å². The van der Waals surface area contributed by atoms with E-state index in [0.29, 0.717) is 40.0 Å². The van der Waals surface area contributed by atoms with Gasteiger partial charge in [0.15, 0.2) is 4.77 Å². The molecule has 0 saturated heterocycles. The maximum atomic E-state index is 13.4. The Morgan fingerprint density at radius 2 is 2.07 bits per heavy atom. The minimum Gasteiger partial charge on any atom is -0.381 e. The minimum absolute atomic E-state index is 0.0153. The van der Waals surface area contributed by atoms with Crippen molar-refractivity contribution >= 4 is 28.9 Å². The van der Waals surface area contributed by atoms with E-state index in [9.17, 15) is 4.79 Å². The molecule has 0 radical (unpaired) electrons. The highest BCUT2D eigenvalue weighted by atomic mass is 32.1. The lowest BCUT2D eigenvalue weighted by molar-refractivity contribution is 0.0541. The number of hydrogen-bond acceptors (Lipinski definition) is 5. The Balaban J connectivity index is 1.61. The summed E-state index contributed by atoms with van der Waals surface area (Å²) in [4.78, 5) is 21.0. The average molecular weight is 417 g/mol. The van der Waals surface area contributed by atoms with Crippen molar-refractivity contribution in [2.45, 2.75) is 77.0 Å². The summed E-state index contributed by atoms with van der Waals surface area (Å²) in [5.74, 6) is 1.86. The van der Waals surface area contributed by atoms with E-state index in [2.05, 4.69) is 22.2 Å². The molecule has 0 amide bonds. The Morgan fingerprint density at radius 3 is 2.79 bits per heavy atom. The van der Waals surface area contributed by atoms with Crippen LogP contribution in [0.15, 0.2) is 17.1 Å². The fraction of sp³-hybridized carbons (Fsp3) is 0.682. The summed E-state index contributed by atoms with van der Waals surface area (Å²) in [6, 6.07) is 2.31. The predicted octanol–water partition coefficient (Wildman–Crippen LogP) is 4.65. The zero-order valence-electron chi connectivity index (χ0n) is 17.4. The van der Waals surface area contributed by atoms with Crippen LogP contribution in [-0.4, -0.2) is 33.8 Å². The second kappa shape index (κ2) is 8.96. The molecule has 0 aromatic carbocycles. The maximum Gasteiger partial charge on any atom is 0.263 e. The predicted molar refractivity (Wildman–Crippen MR) is 119 cm³/mol. The molecule has 2 aromatic heterocycles. The molecular weight excluding hydrogens is 384 g/mol. The summed E-state index contributed by atoms with van der Waals surface area (Å²) in [6.45, 7) is 3.04. The van der Waals surface area contributed by atoms with Gasteiger partial charge in [-0.25, -0.2) is 4.98 Å². The van der Waals surface area contributed by atoms with Gasteiger partial charge >= 0.3 is 0 Å². The normalized spacial score (nSPS) is 27.8. The molecular formula is C22H32N4O2S. The SMILES string of the molecule is COC1CCC(Cn2ccc3[nH]c(=S)nc(NC4CCCC(C)C4)c3c2=O)CC1. The lowest BCUT2D eigenvalue weighted by Gasteiger charge is -2.28. The smallest absolute Gasteiger partial charge is 0.263 e. The van der Waals surface area contributed by atoms with Crippen molar-refractivity contribution in [3.05, 3.63) is 27.4 Å². The van der Waals surface area contributed by atoms with E-state index in [0.717, 1.165) is 50.6 Å². The van der Waals surface area contributed by atoms with E-state index in [-0.39, 0.29) is 5.56 Å². The van der Waals surface area contributed by atoms with Crippen molar-refractivity contribution < 1.29 is 4.74 Å². The van der Waals surface area contributed by atoms with Crippen molar-refractivity contribution in [1.29, 1.82) is 0 Å². The van der Waals surface area contributed by atoms with Gasteiger partial charge < -0.3 is 19.6 Å². The lowest BCUT2D eigenvalue weighted by atomic mass is 9.87. The van der Waals surface area contributed by atoms with Gasteiger partial charge in [0, 0.05) is 25.9 Å². The molecule has 4 rings (SSSR count). The third-order valence-electron chi connectivity index (χ3n) is 6.72. The Kier molecular flexibility index (Phi) is 6.35. The number of pyridine rings is 1. The summed E-state index contributed by atoms with van der Waals surface area (Å²) in [5.41, 5.74) is 0.780. The topological polar surface area (TPSA) is 71.9 Å². The third-order valence-corrected chi connectivity index (χ3v) is 6.91. The number of nitrogens with one attached hydrogen (secondary N) is 2. The van der Waals surface area contributed by atoms with Gasteiger partial charge in [0.25, 0.3) is 5.56 Å². The van der Waals surface area contributed by atoms with E-state index in [4.69, 9.17) is 17.0 Å². The number of aromatic amines is 1. The number of rotatable bonds is 5. The summed E-state index contributed by atoms with van der Waals surface area (Å²) < 4.78 is 7.75. The Labute approximate surface area is 177 Å². The van der Waals surface area contributed by atoms with E-state index in [1.807, 2.05) is 16.8 Å². The first-order valence-electron chi connectivity index (χ1n) is 11.0. The van der Waals surface area contributed by atoms with Crippen molar-refractivity contribution in [2.24, 2.45) is 11.8 Å². The van der Waals surface area contributed by atoms with Crippen LogP contribution < -0.4 is 10.9 Å². The van der Waals surface area contributed by atoms with Crippen LogP contribution in [0.1, 0.15) is 58.3 Å². The second-order valence-electron chi connectivity index (χ2n) is 8.94. The van der Waals surface area contributed by atoms with Gasteiger partial charge in [0.05, 0.1) is 11.6 Å². The number of fused-ring (bicyclic) bond motifs is 1. The van der Waals surface area contributed by atoms with Crippen molar-refractivity contribution in [2.75, 3.05) is 12.4 Å². The van der Waals surface area contributed by atoms with E-state index in [1.165, 1.54) is 12.8 Å². The molecule has 2 atom stereocenters. The maximum absolute atomic E-state index is 13.4. The minimum atomic E-state index is 0.0153. The molecule has 2 aliphatic rings. The average Bonchev–Trinajstić information content (AvgIpc) is 2.70. The van der Waals surface area contributed by atoms with Gasteiger partial charge in [-0.2, -0.15) is 0 Å². The van der Waals surface area contributed by atoms with Crippen molar-refractivity contribution in [1.82, 2.24) is 14.5 Å². The lowest BCUT2D eigenvalue weighted by Crippen LogP contribution is -2.30. The summed E-state index contributed by atoms with van der Waals surface area (Å²) in [5, 5.41) is 4.18. The van der Waals surface area contributed by atoms with Gasteiger partial charge in [-0.15, -0.1) is 0 Å². The Bertz CT molecular complexity index is 961. The number of hydrogen-bond donors (Lipinski definition) is 2. The number of H-pyrrole nitrogens is 1. The largest absolute Gasteiger partial charge is 0.381 e. The van der Waals surface area contributed by atoms with Gasteiger partial charge in [0.1, 0.15) is 11.2 Å². The first kappa shape index (κ1) is 20.5. The molecule has 2 N–H and O–H groups in total. The van der Waals surface area contributed by atoms with Crippen LogP contribution in [0.4, 0.5) is 5.82 Å². The van der Waals surface area contributed by atoms with E-state index >= 15 is 0 Å². The molecule has 0 spiro atoms. The molecule has 2 heterocycles. The highest BCUT2D eigenvalue weighted by Gasteiger charge is 2.23. The van der Waals surface area contributed by atoms with Gasteiger partial charge in [-0.05, 0) is 68.6 Å². The number of nitrogens with zero attached hydrogens (tertiary/aromatic N) is 2. The fourth-order valence-corrected chi connectivity index (χ4v) is 5.24. The third kappa shape index (κ3) is 4.72. The standard InChI is InChI=1S/C22H32N4O2S/c1-14-4-3-5-16(12-14)23-20-19-18(24-22(29)25-20)10-11-26(21(19)27)13-15-6-8-17(28-2)9-7-15/h10-11,14-17H,3-9,12-13H2,1-2H3,(H2,23,24,25,29). The van der Waals surface area contributed by atoms with Crippen LogP contribution in [-0.2, 0) is 11.3 Å². The van der Waals surface area contributed by atoms with Gasteiger partial charge in [0.2, 0.25) is 0 Å². The highest BCUT2D eigenvalue weighted by Crippen LogP contribution is 2.29. The first-order chi connectivity index (χ1) is 14.0. The zero-order chi connectivity index (χ0) is 20.4. The monoisotopic (exact) mass is 416 g/mol. The van der Waals surface area contributed by atoms with Gasteiger partial charge in [-0.3, -0.25) is 4.79 Å². The van der Waals surface area contributed by atoms with Crippen molar-refractivity contribution in [3.8, 4) is 0 Å². The summed E-state index contributed by atoms with van der Waals surface area (Å²) in [6.07, 6.45) is 11.3. The van der Waals surface area contributed by atoms with Crippen molar-refractivity contribution in [3.63, 3.8) is 0 Å². The molecule has 158 valence electrons. The van der Waals surface area contributed by atoms with Crippen LogP contribution in [0.3, 0.4) is 0 Å². The number of aromatic nitrogens is 3. The van der Waals surface area contributed by atoms with Crippen LogP contribution in [0.2, 0.25) is 0 Å². The molecule has 2 unspecified atom stereocenters. The summed E-state index contributed by atoms with van der Waals surface area (Å²) >= 11 is 5.32. The van der Waals surface area contributed by atoms with Gasteiger partial charge in [-0.1, -0.05) is 19.8 Å². The number of methoxy groups -OCH3 is 1. The van der Waals surface area contributed by atoms with Crippen LogP contribution in [0.25, 0.3) is 10.9 Å². The molecule has 2 fully saturated rings. The first-order valence-corrected chi connectivity index (χ1v) is 11.4. The molecule has 29 heavy (non-hydrogen) atoms. The molecule has 2 saturated carbocycles. The molecule has 7 heteroatoms.